The molecule has 0 saturated carbocycles. The van der Waals surface area contributed by atoms with Gasteiger partial charge in [0.25, 0.3) is 5.91 Å². The fourth-order valence-electron chi connectivity index (χ4n) is 4.15. The number of halogens is 1. The Morgan fingerprint density at radius 3 is 2.66 bits per heavy atom. The van der Waals surface area contributed by atoms with Gasteiger partial charge >= 0.3 is 0 Å². The minimum Gasteiger partial charge on any atom is -0.503 e. The Labute approximate surface area is 195 Å². The van der Waals surface area contributed by atoms with Gasteiger partial charge in [0.15, 0.2) is 11.5 Å². The monoisotopic (exact) mass is 496 g/mol. The SMILES string of the molecule is Cc1ccccc1C1C(C(=O)c2cc3cc(Br)ccc3o2)=C(O)C(=O)N1CCCN(C)C. The summed E-state index contributed by atoms with van der Waals surface area (Å²) in [5, 5.41) is 11.6. The van der Waals surface area contributed by atoms with Crippen molar-refractivity contribution in [1.29, 1.82) is 0 Å². The van der Waals surface area contributed by atoms with E-state index in [0.717, 1.165) is 27.5 Å². The van der Waals surface area contributed by atoms with E-state index in [0.29, 0.717) is 18.5 Å². The standard InChI is InChI=1S/C25H25BrN2O4/c1-15-7-4-5-8-18(15)22-21(24(30)25(31)28(22)12-6-11-27(2)3)23(29)20-14-16-13-17(26)9-10-19(16)32-20/h4-5,7-10,13-14,22,30H,6,11-12H2,1-3H3. The van der Waals surface area contributed by atoms with E-state index in [4.69, 9.17) is 4.42 Å². The minimum absolute atomic E-state index is 0.0623. The van der Waals surface area contributed by atoms with Crippen LogP contribution in [0.3, 0.4) is 0 Å². The van der Waals surface area contributed by atoms with Crippen LogP contribution in [0.25, 0.3) is 11.0 Å². The van der Waals surface area contributed by atoms with Crippen molar-refractivity contribution in [2.24, 2.45) is 0 Å². The summed E-state index contributed by atoms with van der Waals surface area (Å²) in [6.45, 7) is 3.14. The van der Waals surface area contributed by atoms with Gasteiger partial charge in [-0.2, -0.15) is 0 Å². The van der Waals surface area contributed by atoms with E-state index in [1.54, 1.807) is 17.0 Å². The van der Waals surface area contributed by atoms with Crippen molar-refractivity contribution in [3.8, 4) is 0 Å². The fourth-order valence-corrected chi connectivity index (χ4v) is 4.53. The number of ketones is 1. The lowest BCUT2D eigenvalue weighted by Crippen LogP contribution is -2.33. The first-order chi connectivity index (χ1) is 15.3. The third kappa shape index (κ3) is 4.10. The van der Waals surface area contributed by atoms with Crippen LogP contribution in [-0.2, 0) is 4.79 Å². The van der Waals surface area contributed by atoms with Crippen molar-refractivity contribution < 1.29 is 19.1 Å². The molecule has 7 heteroatoms. The fraction of sp³-hybridized carbons (Fsp3) is 0.280. The van der Waals surface area contributed by atoms with Crippen LogP contribution in [-0.4, -0.2) is 53.8 Å². The maximum atomic E-state index is 13.6. The molecule has 0 saturated heterocycles. The van der Waals surface area contributed by atoms with Crippen LogP contribution in [0.2, 0.25) is 0 Å². The van der Waals surface area contributed by atoms with E-state index >= 15 is 0 Å². The van der Waals surface area contributed by atoms with Crippen molar-refractivity contribution in [3.63, 3.8) is 0 Å². The highest BCUT2D eigenvalue weighted by atomic mass is 79.9. The maximum absolute atomic E-state index is 13.6. The molecule has 4 rings (SSSR count). The molecule has 1 unspecified atom stereocenters. The number of aryl methyl sites for hydroxylation is 1. The van der Waals surface area contributed by atoms with Gasteiger partial charge in [0.05, 0.1) is 11.6 Å². The van der Waals surface area contributed by atoms with Crippen LogP contribution in [0.1, 0.15) is 34.1 Å². The second kappa shape index (κ2) is 8.92. The number of carbonyl (C=O) groups is 2. The Bertz CT molecular complexity index is 1230. The number of Topliss-reactive ketones (excluding diaryl/α,β-unsaturated/α-hetero) is 1. The van der Waals surface area contributed by atoms with E-state index in [1.165, 1.54) is 0 Å². The van der Waals surface area contributed by atoms with Crippen molar-refractivity contribution in [1.82, 2.24) is 9.80 Å². The smallest absolute Gasteiger partial charge is 0.290 e. The Balaban J connectivity index is 1.77. The molecule has 2 aromatic carbocycles. The van der Waals surface area contributed by atoms with Crippen LogP contribution in [0.15, 0.2) is 68.8 Å². The van der Waals surface area contributed by atoms with Gasteiger partial charge < -0.3 is 19.3 Å². The van der Waals surface area contributed by atoms with Gasteiger partial charge in [-0.05, 0) is 69.4 Å². The van der Waals surface area contributed by atoms with Gasteiger partial charge in [0.2, 0.25) is 5.78 Å². The zero-order valence-corrected chi connectivity index (χ0v) is 19.8. The number of nitrogens with zero attached hydrogens (tertiary/aromatic N) is 2. The molecule has 166 valence electrons. The first-order valence-corrected chi connectivity index (χ1v) is 11.3. The molecule has 1 aliphatic heterocycles. The van der Waals surface area contributed by atoms with Crippen molar-refractivity contribution in [2.45, 2.75) is 19.4 Å². The molecule has 1 atom stereocenters. The molecule has 32 heavy (non-hydrogen) atoms. The van der Waals surface area contributed by atoms with E-state index < -0.39 is 23.5 Å². The Kier molecular flexibility index (Phi) is 6.22. The van der Waals surface area contributed by atoms with Gasteiger partial charge in [-0.15, -0.1) is 0 Å². The molecule has 1 N–H and O–H groups in total. The first kappa shape index (κ1) is 22.3. The first-order valence-electron chi connectivity index (χ1n) is 10.5. The summed E-state index contributed by atoms with van der Waals surface area (Å²) in [4.78, 5) is 30.3. The van der Waals surface area contributed by atoms with Gasteiger partial charge in [-0.1, -0.05) is 40.2 Å². The van der Waals surface area contributed by atoms with Gasteiger partial charge in [-0.25, -0.2) is 0 Å². The molecule has 1 aromatic heterocycles. The van der Waals surface area contributed by atoms with Crippen LogP contribution >= 0.6 is 15.9 Å². The average Bonchev–Trinajstić information content (AvgIpc) is 3.27. The Hall–Kier alpha value is -2.90. The summed E-state index contributed by atoms with van der Waals surface area (Å²) in [7, 11) is 3.93. The number of benzene rings is 2. The van der Waals surface area contributed by atoms with Crippen LogP contribution in [0, 0.1) is 6.92 Å². The quantitative estimate of drug-likeness (QED) is 0.464. The molecule has 6 nitrogen and oxygen atoms in total. The van der Waals surface area contributed by atoms with Crippen molar-refractivity contribution in [3.05, 3.63) is 81.2 Å². The molecule has 0 radical (unpaired) electrons. The summed E-state index contributed by atoms with van der Waals surface area (Å²) in [5.41, 5.74) is 2.39. The second-order valence-electron chi connectivity index (χ2n) is 8.30. The maximum Gasteiger partial charge on any atom is 0.290 e. The highest BCUT2D eigenvalue weighted by Crippen LogP contribution is 2.40. The molecule has 0 aliphatic carbocycles. The van der Waals surface area contributed by atoms with Crippen molar-refractivity contribution in [2.75, 3.05) is 27.2 Å². The third-order valence-electron chi connectivity index (χ3n) is 5.74. The second-order valence-corrected chi connectivity index (χ2v) is 9.21. The zero-order valence-electron chi connectivity index (χ0n) is 18.3. The molecule has 0 fully saturated rings. The number of furan rings is 1. The summed E-state index contributed by atoms with van der Waals surface area (Å²) in [6, 6.07) is 14.1. The zero-order chi connectivity index (χ0) is 23.0. The van der Waals surface area contributed by atoms with Crippen LogP contribution in [0.4, 0.5) is 0 Å². The van der Waals surface area contributed by atoms with E-state index in [-0.39, 0.29) is 11.3 Å². The molecule has 1 aliphatic rings. The highest BCUT2D eigenvalue weighted by Gasteiger charge is 2.44. The minimum atomic E-state index is -0.668. The highest BCUT2D eigenvalue weighted by molar-refractivity contribution is 9.10. The lowest BCUT2D eigenvalue weighted by molar-refractivity contribution is -0.129. The number of aliphatic hydroxyl groups excluding tert-OH is 1. The summed E-state index contributed by atoms with van der Waals surface area (Å²) in [5.74, 6) is -1.42. The van der Waals surface area contributed by atoms with Gasteiger partial charge in [0, 0.05) is 16.4 Å². The molecular weight excluding hydrogens is 472 g/mol. The molecule has 1 amide bonds. The third-order valence-corrected chi connectivity index (χ3v) is 6.23. The van der Waals surface area contributed by atoms with E-state index in [9.17, 15) is 14.7 Å². The lowest BCUT2D eigenvalue weighted by Gasteiger charge is -2.28. The number of hydrogen-bond acceptors (Lipinski definition) is 5. The van der Waals surface area contributed by atoms with E-state index in [1.807, 2.05) is 62.3 Å². The largest absolute Gasteiger partial charge is 0.503 e. The average molecular weight is 497 g/mol. The summed E-state index contributed by atoms with van der Waals surface area (Å²) in [6.07, 6.45) is 0.717. The summed E-state index contributed by atoms with van der Waals surface area (Å²) >= 11 is 3.42. The Morgan fingerprint density at radius 2 is 1.94 bits per heavy atom. The number of rotatable bonds is 7. The molecule has 0 bridgehead atoms. The lowest BCUT2D eigenvalue weighted by atomic mass is 9.92. The predicted molar refractivity (Wildman–Crippen MR) is 127 cm³/mol. The van der Waals surface area contributed by atoms with Crippen molar-refractivity contribution >= 4 is 38.6 Å². The number of hydrogen-bond donors (Lipinski definition) is 1. The van der Waals surface area contributed by atoms with Gasteiger partial charge in [0.1, 0.15) is 5.58 Å². The summed E-state index contributed by atoms with van der Waals surface area (Å²) < 4.78 is 6.66. The van der Waals surface area contributed by atoms with Crippen LogP contribution in [0.5, 0.6) is 0 Å². The normalized spacial score (nSPS) is 16.6. The van der Waals surface area contributed by atoms with Crippen LogP contribution < -0.4 is 0 Å². The molecule has 0 spiro atoms. The van der Waals surface area contributed by atoms with Gasteiger partial charge in [-0.3, -0.25) is 9.59 Å². The number of fused-ring (bicyclic) bond motifs is 1. The molecule has 3 aromatic rings. The van der Waals surface area contributed by atoms with E-state index in [2.05, 4.69) is 15.9 Å². The number of amides is 1. The number of carbonyl (C=O) groups excluding carboxylic acids is 2. The molecular formula is C25H25BrN2O4. The molecule has 2 heterocycles. The predicted octanol–water partition coefficient (Wildman–Crippen LogP) is 5.03. The Morgan fingerprint density at radius 1 is 1.19 bits per heavy atom. The number of aliphatic hydroxyl groups is 1. The topological polar surface area (TPSA) is 74.0 Å².